The highest BCUT2D eigenvalue weighted by Gasteiger charge is 2.37. The van der Waals surface area contributed by atoms with Gasteiger partial charge in [0.05, 0.1) is 12.0 Å². The summed E-state index contributed by atoms with van der Waals surface area (Å²) in [5.74, 6) is -1.16. The van der Waals surface area contributed by atoms with E-state index in [1.807, 2.05) is 18.2 Å². The molecule has 1 aliphatic heterocycles. The van der Waals surface area contributed by atoms with Crippen LogP contribution in [0.15, 0.2) is 30.4 Å². The molecule has 1 aromatic rings. The van der Waals surface area contributed by atoms with Crippen molar-refractivity contribution in [3.8, 4) is 0 Å². The molecule has 0 spiro atoms. The van der Waals surface area contributed by atoms with Crippen LogP contribution < -0.4 is 15.7 Å². The first-order valence-electron chi connectivity index (χ1n) is 6.62. The van der Waals surface area contributed by atoms with E-state index in [9.17, 15) is 14.7 Å². The fraction of sp³-hybridized carbons (Fsp3) is 0.333. The fourth-order valence-electron chi connectivity index (χ4n) is 3.11. The number of carbonyl (C=O) groups excluding carboxylic acids is 2. The van der Waals surface area contributed by atoms with Crippen molar-refractivity contribution in [3.63, 3.8) is 0 Å². The Balaban J connectivity index is 2.00. The Bertz CT molecular complexity index is 609. The number of fused-ring (bicyclic) bond motifs is 3. The van der Waals surface area contributed by atoms with E-state index >= 15 is 0 Å². The standard InChI is InChI=1S/C15H16N2O3/c1-8(18)16-9-5-6-13-12(7-9)10-3-2-4-11(10)14(17-13)15(19)20/h2-3,5-7,10-11,14,17H,4H2,1H3,(H,16,18)(H,19,20)/p-1/t10-,11-,14-/m1/s1. The minimum absolute atomic E-state index is 0.0277. The number of amides is 1. The highest BCUT2D eigenvalue weighted by Crippen LogP contribution is 2.45. The van der Waals surface area contributed by atoms with E-state index in [1.54, 1.807) is 12.1 Å². The second-order valence-corrected chi connectivity index (χ2v) is 5.28. The fourth-order valence-corrected chi connectivity index (χ4v) is 3.11. The maximum Gasteiger partial charge on any atom is 0.221 e. The summed E-state index contributed by atoms with van der Waals surface area (Å²) >= 11 is 0. The highest BCUT2D eigenvalue weighted by atomic mass is 16.4. The maximum absolute atomic E-state index is 11.3. The van der Waals surface area contributed by atoms with Gasteiger partial charge in [-0.15, -0.1) is 0 Å². The van der Waals surface area contributed by atoms with E-state index in [2.05, 4.69) is 10.6 Å². The average molecular weight is 271 g/mol. The summed E-state index contributed by atoms with van der Waals surface area (Å²) in [6.45, 7) is 1.46. The topological polar surface area (TPSA) is 81.3 Å². The van der Waals surface area contributed by atoms with E-state index in [-0.39, 0.29) is 17.7 Å². The summed E-state index contributed by atoms with van der Waals surface area (Å²) in [4.78, 5) is 22.4. The number of allylic oxidation sites excluding steroid dienone is 2. The number of rotatable bonds is 2. The van der Waals surface area contributed by atoms with Crippen LogP contribution in [0.2, 0.25) is 0 Å². The molecule has 3 rings (SSSR count). The second kappa shape index (κ2) is 4.67. The third kappa shape index (κ3) is 2.05. The summed E-state index contributed by atoms with van der Waals surface area (Å²) in [6, 6.07) is 4.80. The molecule has 0 radical (unpaired) electrons. The number of carboxylic acids is 1. The third-order valence-corrected chi connectivity index (χ3v) is 3.94. The Labute approximate surface area is 116 Å². The number of nitrogens with one attached hydrogen (secondary N) is 2. The predicted octanol–water partition coefficient (Wildman–Crippen LogP) is 0.849. The molecule has 20 heavy (non-hydrogen) atoms. The number of benzene rings is 1. The Hall–Kier alpha value is -2.30. The maximum atomic E-state index is 11.3. The molecule has 5 heteroatoms. The van der Waals surface area contributed by atoms with Crippen LogP contribution in [-0.2, 0) is 9.59 Å². The number of hydrogen-bond acceptors (Lipinski definition) is 4. The summed E-state index contributed by atoms with van der Waals surface area (Å²) in [6.07, 6.45) is 4.77. The van der Waals surface area contributed by atoms with Crippen LogP contribution in [0.1, 0.15) is 24.8 Å². The van der Waals surface area contributed by atoms with Crippen LogP contribution >= 0.6 is 0 Å². The lowest BCUT2D eigenvalue weighted by Gasteiger charge is -2.37. The lowest BCUT2D eigenvalue weighted by atomic mass is 9.79. The quantitative estimate of drug-likeness (QED) is 0.781. The zero-order chi connectivity index (χ0) is 14.3. The molecule has 1 aliphatic carbocycles. The number of anilines is 2. The van der Waals surface area contributed by atoms with Gasteiger partial charge in [0.1, 0.15) is 0 Å². The molecule has 1 heterocycles. The van der Waals surface area contributed by atoms with Gasteiger partial charge in [-0.05, 0) is 36.1 Å². The molecule has 0 saturated heterocycles. The van der Waals surface area contributed by atoms with E-state index in [4.69, 9.17) is 0 Å². The van der Waals surface area contributed by atoms with Gasteiger partial charge >= 0.3 is 0 Å². The SMILES string of the molecule is CC(=O)Nc1ccc2c(c1)[C@@H]1C=CC[C@H]1[C@H](C(=O)[O-])N2. The van der Waals surface area contributed by atoms with Gasteiger partial charge in [0.2, 0.25) is 5.91 Å². The first-order chi connectivity index (χ1) is 9.56. The molecule has 3 atom stereocenters. The lowest BCUT2D eigenvalue weighted by molar-refractivity contribution is -0.308. The molecular formula is C15H15N2O3-. The second-order valence-electron chi connectivity index (χ2n) is 5.28. The van der Waals surface area contributed by atoms with Crippen LogP contribution in [-0.4, -0.2) is 17.9 Å². The first kappa shape index (κ1) is 12.7. The van der Waals surface area contributed by atoms with Gasteiger partial charge in [0, 0.05) is 24.2 Å². The number of carbonyl (C=O) groups is 2. The summed E-state index contributed by atoms with van der Waals surface area (Å²) in [7, 11) is 0. The van der Waals surface area contributed by atoms with Crippen molar-refractivity contribution in [1.29, 1.82) is 0 Å². The van der Waals surface area contributed by atoms with Gasteiger partial charge in [0.15, 0.2) is 0 Å². The Kier molecular flexibility index (Phi) is 2.97. The number of aliphatic carboxylic acids is 1. The highest BCUT2D eigenvalue weighted by molar-refractivity contribution is 5.89. The van der Waals surface area contributed by atoms with Gasteiger partial charge in [0.25, 0.3) is 0 Å². The van der Waals surface area contributed by atoms with Crippen molar-refractivity contribution in [2.24, 2.45) is 5.92 Å². The van der Waals surface area contributed by atoms with E-state index in [0.717, 1.165) is 23.4 Å². The number of carboxylic acid groups (broad SMARTS) is 1. The van der Waals surface area contributed by atoms with Gasteiger partial charge in [-0.25, -0.2) is 0 Å². The van der Waals surface area contributed by atoms with Gasteiger partial charge < -0.3 is 20.5 Å². The molecule has 0 saturated carbocycles. The normalized spacial score (nSPS) is 26.4. The van der Waals surface area contributed by atoms with E-state index in [0.29, 0.717) is 0 Å². The summed E-state index contributed by atoms with van der Waals surface area (Å²) in [5, 5.41) is 17.0. The van der Waals surface area contributed by atoms with Crippen LogP contribution in [0, 0.1) is 5.92 Å². The molecule has 2 N–H and O–H groups in total. The summed E-state index contributed by atoms with van der Waals surface area (Å²) < 4.78 is 0. The monoisotopic (exact) mass is 271 g/mol. The summed E-state index contributed by atoms with van der Waals surface area (Å²) in [5.41, 5.74) is 2.54. The predicted molar refractivity (Wildman–Crippen MR) is 73.2 cm³/mol. The minimum Gasteiger partial charge on any atom is -0.548 e. The Morgan fingerprint density at radius 2 is 2.20 bits per heavy atom. The van der Waals surface area contributed by atoms with E-state index < -0.39 is 12.0 Å². The molecule has 0 aromatic heterocycles. The molecule has 5 nitrogen and oxygen atoms in total. The first-order valence-corrected chi connectivity index (χ1v) is 6.62. The zero-order valence-electron chi connectivity index (χ0n) is 11.1. The molecular weight excluding hydrogens is 256 g/mol. The number of hydrogen-bond donors (Lipinski definition) is 2. The smallest absolute Gasteiger partial charge is 0.221 e. The molecule has 1 aromatic carbocycles. The van der Waals surface area contributed by atoms with Crippen molar-refractivity contribution >= 4 is 23.3 Å². The van der Waals surface area contributed by atoms with Crippen molar-refractivity contribution in [2.45, 2.75) is 25.3 Å². The van der Waals surface area contributed by atoms with Crippen LogP contribution in [0.3, 0.4) is 0 Å². The third-order valence-electron chi connectivity index (χ3n) is 3.94. The lowest BCUT2D eigenvalue weighted by Crippen LogP contribution is -2.48. The van der Waals surface area contributed by atoms with Crippen molar-refractivity contribution in [1.82, 2.24) is 0 Å². The molecule has 0 fully saturated rings. The van der Waals surface area contributed by atoms with E-state index in [1.165, 1.54) is 6.92 Å². The molecule has 0 bridgehead atoms. The van der Waals surface area contributed by atoms with Crippen LogP contribution in [0.4, 0.5) is 11.4 Å². The van der Waals surface area contributed by atoms with Crippen LogP contribution in [0.25, 0.3) is 0 Å². The Morgan fingerprint density at radius 1 is 1.40 bits per heavy atom. The molecule has 0 unspecified atom stereocenters. The largest absolute Gasteiger partial charge is 0.548 e. The average Bonchev–Trinajstić information content (AvgIpc) is 2.86. The molecule has 1 amide bonds. The molecule has 2 aliphatic rings. The van der Waals surface area contributed by atoms with Crippen molar-refractivity contribution in [3.05, 3.63) is 35.9 Å². The van der Waals surface area contributed by atoms with Crippen molar-refractivity contribution < 1.29 is 14.7 Å². The van der Waals surface area contributed by atoms with Gasteiger partial charge in [-0.3, -0.25) is 4.79 Å². The zero-order valence-corrected chi connectivity index (χ0v) is 11.1. The minimum atomic E-state index is -1.07. The van der Waals surface area contributed by atoms with Gasteiger partial charge in [-0.2, -0.15) is 0 Å². The van der Waals surface area contributed by atoms with Crippen LogP contribution in [0.5, 0.6) is 0 Å². The van der Waals surface area contributed by atoms with Gasteiger partial charge in [-0.1, -0.05) is 12.2 Å². The molecule has 104 valence electrons. The Morgan fingerprint density at radius 3 is 2.90 bits per heavy atom. The van der Waals surface area contributed by atoms with Crippen molar-refractivity contribution in [2.75, 3.05) is 10.6 Å².